The highest BCUT2D eigenvalue weighted by Crippen LogP contribution is 1.91. The average molecular weight is 276 g/mol. The number of carbonyl (C=O) groups is 4. The van der Waals surface area contributed by atoms with Gasteiger partial charge in [0.05, 0.1) is 13.0 Å². The Labute approximate surface area is 108 Å². The minimum Gasteiger partial charge on any atom is -0.480 e. The number of aliphatic carboxylic acids is 1. The van der Waals surface area contributed by atoms with E-state index < -0.39 is 36.3 Å². The van der Waals surface area contributed by atoms with E-state index in [2.05, 4.69) is 5.32 Å². The molecule has 0 aromatic rings. The molecule has 1 atom stereocenters. The van der Waals surface area contributed by atoms with E-state index in [0.29, 0.717) is 0 Å². The summed E-state index contributed by atoms with van der Waals surface area (Å²) in [5.74, 6) is -2.87. The smallest absolute Gasteiger partial charge is 0.326 e. The predicted octanol–water partition coefficient (Wildman–Crippen LogP) is -2.88. The maximum absolute atomic E-state index is 11.3. The first-order valence-electron chi connectivity index (χ1n) is 5.24. The summed E-state index contributed by atoms with van der Waals surface area (Å²) in [4.78, 5) is 42.8. The lowest BCUT2D eigenvalue weighted by molar-refractivity contribution is -0.140. The molecule has 0 aliphatic heterocycles. The topological polar surface area (TPSA) is 174 Å². The number of amides is 4. The van der Waals surface area contributed by atoms with Crippen molar-refractivity contribution >= 4 is 23.8 Å². The summed E-state index contributed by atoms with van der Waals surface area (Å²) >= 11 is 0. The third-order valence-corrected chi connectivity index (χ3v) is 1.79. The summed E-state index contributed by atoms with van der Waals surface area (Å²) in [6.45, 7) is -0.200. The van der Waals surface area contributed by atoms with Crippen LogP contribution in [0.4, 0.5) is 4.79 Å². The van der Waals surface area contributed by atoms with Gasteiger partial charge in [-0.2, -0.15) is 0 Å². The number of hydrogen-bond acceptors (Lipinski definition) is 5. The zero-order chi connectivity index (χ0) is 14.8. The third kappa shape index (κ3) is 9.35. The van der Waals surface area contributed by atoms with Gasteiger partial charge in [0, 0.05) is 6.54 Å². The maximum atomic E-state index is 11.3. The fraction of sp³-hybridized carbons (Fsp3) is 0.556. The van der Waals surface area contributed by atoms with E-state index in [1.54, 1.807) is 0 Å². The van der Waals surface area contributed by atoms with Crippen molar-refractivity contribution in [2.45, 2.75) is 12.5 Å². The Hall–Kier alpha value is -2.36. The van der Waals surface area contributed by atoms with Gasteiger partial charge < -0.3 is 31.9 Å². The Morgan fingerprint density at radius 3 is 2.26 bits per heavy atom. The standard InChI is InChI=1S/C9H16N4O6/c10-6(14)3-5(8(16)17)13-9(18)12-1-2-19-4-7(11)15/h5H,1-4H2,(H2,10,14)(H2,11,15)(H,16,17)(H2,12,13,18)/t5-/m0/s1. The van der Waals surface area contributed by atoms with Crippen LogP contribution in [-0.2, 0) is 19.1 Å². The summed E-state index contributed by atoms with van der Waals surface area (Å²) < 4.78 is 4.75. The van der Waals surface area contributed by atoms with Crippen molar-refractivity contribution in [3.63, 3.8) is 0 Å². The predicted molar refractivity (Wildman–Crippen MR) is 61.8 cm³/mol. The minimum absolute atomic E-state index is 0.0317. The Morgan fingerprint density at radius 2 is 1.79 bits per heavy atom. The number of rotatable bonds is 9. The van der Waals surface area contributed by atoms with Crippen molar-refractivity contribution in [2.24, 2.45) is 11.5 Å². The van der Waals surface area contributed by atoms with Crippen molar-refractivity contribution in [3.05, 3.63) is 0 Å². The van der Waals surface area contributed by atoms with Gasteiger partial charge in [-0.05, 0) is 0 Å². The average Bonchev–Trinajstić information content (AvgIpc) is 2.26. The first-order valence-corrected chi connectivity index (χ1v) is 5.24. The molecule has 0 aromatic heterocycles. The maximum Gasteiger partial charge on any atom is 0.326 e. The summed E-state index contributed by atoms with van der Waals surface area (Å²) in [5, 5.41) is 13.0. The van der Waals surface area contributed by atoms with Crippen LogP contribution in [0.25, 0.3) is 0 Å². The zero-order valence-corrected chi connectivity index (χ0v) is 10.0. The molecule has 19 heavy (non-hydrogen) atoms. The molecule has 0 saturated carbocycles. The van der Waals surface area contributed by atoms with Crippen LogP contribution in [0.1, 0.15) is 6.42 Å². The first-order chi connectivity index (χ1) is 8.82. The van der Waals surface area contributed by atoms with Gasteiger partial charge in [0.2, 0.25) is 11.8 Å². The largest absolute Gasteiger partial charge is 0.480 e. The van der Waals surface area contributed by atoms with E-state index in [9.17, 15) is 19.2 Å². The number of carboxylic acids is 1. The molecule has 0 radical (unpaired) electrons. The van der Waals surface area contributed by atoms with Gasteiger partial charge in [0.25, 0.3) is 0 Å². The number of carbonyl (C=O) groups excluding carboxylic acids is 3. The highest BCUT2D eigenvalue weighted by molar-refractivity contribution is 5.87. The van der Waals surface area contributed by atoms with Crippen LogP contribution in [-0.4, -0.2) is 54.7 Å². The molecule has 0 rings (SSSR count). The van der Waals surface area contributed by atoms with Crippen molar-refractivity contribution in [3.8, 4) is 0 Å². The normalized spacial score (nSPS) is 11.4. The molecule has 4 amide bonds. The number of primary amides is 2. The fourth-order valence-corrected chi connectivity index (χ4v) is 1.02. The quantitative estimate of drug-likeness (QED) is 0.282. The van der Waals surface area contributed by atoms with Crippen LogP contribution < -0.4 is 22.1 Å². The van der Waals surface area contributed by atoms with E-state index in [-0.39, 0.29) is 19.8 Å². The van der Waals surface area contributed by atoms with Gasteiger partial charge in [-0.25, -0.2) is 9.59 Å². The third-order valence-electron chi connectivity index (χ3n) is 1.79. The van der Waals surface area contributed by atoms with Crippen LogP contribution in [0.15, 0.2) is 0 Å². The molecule has 0 aliphatic rings. The molecule has 10 nitrogen and oxygen atoms in total. The molecule has 7 N–H and O–H groups in total. The number of carboxylic acid groups (broad SMARTS) is 1. The lowest BCUT2D eigenvalue weighted by Crippen LogP contribution is -2.48. The Kier molecular flexibility index (Phi) is 7.61. The van der Waals surface area contributed by atoms with E-state index in [0.717, 1.165) is 0 Å². The van der Waals surface area contributed by atoms with Gasteiger partial charge in [-0.15, -0.1) is 0 Å². The number of nitrogens with one attached hydrogen (secondary N) is 2. The van der Waals surface area contributed by atoms with Gasteiger partial charge >= 0.3 is 12.0 Å². The Morgan fingerprint density at radius 1 is 1.16 bits per heavy atom. The lowest BCUT2D eigenvalue weighted by Gasteiger charge is -2.13. The van der Waals surface area contributed by atoms with Gasteiger partial charge in [0.1, 0.15) is 12.6 Å². The second-order valence-corrected chi connectivity index (χ2v) is 3.48. The fourth-order valence-electron chi connectivity index (χ4n) is 1.02. The molecule has 0 heterocycles. The minimum atomic E-state index is -1.40. The zero-order valence-electron chi connectivity index (χ0n) is 10.0. The number of urea groups is 1. The van der Waals surface area contributed by atoms with Crippen molar-refractivity contribution in [1.82, 2.24) is 10.6 Å². The van der Waals surface area contributed by atoms with Crippen molar-refractivity contribution in [2.75, 3.05) is 19.8 Å². The van der Waals surface area contributed by atoms with Crippen LogP contribution in [0.3, 0.4) is 0 Å². The van der Waals surface area contributed by atoms with E-state index in [1.807, 2.05) is 5.32 Å². The van der Waals surface area contributed by atoms with Crippen molar-refractivity contribution in [1.29, 1.82) is 0 Å². The van der Waals surface area contributed by atoms with Crippen LogP contribution >= 0.6 is 0 Å². The molecule has 10 heteroatoms. The van der Waals surface area contributed by atoms with Gasteiger partial charge in [0.15, 0.2) is 0 Å². The van der Waals surface area contributed by atoms with E-state index in [1.165, 1.54) is 0 Å². The van der Waals surface area contributed by atoms with E-state index in [4.69, 9.17) is 21.3 Å². The second kappa shape index (κ2) is 8.69. The molecule has 0 fully saturated rings. The first kappa shape index (κ1) is 16.6. The second-order valence-electron chi connectivity index (χ2n) is 3.48. The molecular formula is C9H16N4O6. The van der Waals surface area contributed by atoms with Gasteiger partial charge in [-0.3, -0.25) is 9.59 Å². The molecule has 0 spiro atoms. The summed E-state index contributed by atoms with van der Waals surface area (Å²) in [7, 11) is 0. The van der Waals surface area contributed by atoms with Crippen molar-refractivity contribution < 1.29 is 29.0 Å². The molecule has 0 saturated heterocycles. The van der Waals surface area contributed by atoms with Gasteiger partial charge in [-0.1, -0.05) is 0 Å². The number of hydrogen-bond donors (Lipinski definition) is 5. The summed E-state index contributed by atoms with van der Waals surface area (Å²) in [6.07, 6.45) is -0.513. The highest BCUT2D eigenvalue weighted by Gasteiger charge is 2.21. The van der Waals surface area contributed by atoms with E-state index >= 15 is 0 Å². The van der Waals surface area contributed by atoms with Crippen LogP contribution in [0, 0.1) is 0 Å². The molecular weight excluding hydrogens is 260 g/mol. The summed E-state index contributed by atoms with van der Waals surface area (Å²) in [6, 6.07) is -2.19. The molecule has 0 unspecified atom stereocenters. The molecule has 0 bridgehead atoms. The summed E-state index contributed by atoms with van der Waals surface area (Å²) in [5.41, 5.74) is 9.64. The Bertz CT molecular complexity index is 359. The van der Waals surface area contributed by atoms with Crippen LogP contribution in [0.2, 0.25) is 0 Å². The SMILES string of the molecule is NC(=O)COCCNC(=O)N[C@@H](CC(N)=O)C(=O)O. The molecule has 0 aromatic carbocycles. The number of nitrogens with two attached hydrogens (primary N) is 2. The lowest BCUT2D eigenvalue weighted by atomic mass is 10.2. The van der Waals surface area contributed by atoms with Crippen LogP contribution in [0.5, 0.6) is 0 Å². The number of ether oxygens (including phenoxy) is 1. The highest BCUT2D eigenvalue weighted by atomic mass is 16.5. The molecule has 108 valence electrons. The molecule has 0 aliphatic carbocycles. The Balaban J connectivity index is 3.90. The monoisotopic (exact) mass is 276 g/mol.